The third kappa shape index (κ3) is 4.58. The summed E-state index contributed by atoms with van der Waals surface area (Å²) in [5.74, 6) is -0.549. The lowest BCUT2D eigenvalue weighted by Gasteiger charge is -2.36. The number of ether oxygens (including phenoxy) is 2. The van der Waals surface area contributed by atoms with Gasteiger partial charge in [0.25, 0.3) is 0 Å². The van der Waals surface area contributed by atoms with E-state index in [9.17, 15) is 18.4 Å². The molecule has 0 radical (unpaired) electrons. The molecule has 25 heavy (non-hydrogen) atoms. The van der Waals surface area contributed by atoms with Crippen molar-refractivity contribution in [1.29, 1.82) is 0 Å². The van der Waals surface area contributed by atoms with Crippen molar-refractivity contribution in [1.82, 2.24) is 4.90 Å². The summed E-state index contributed by atoms with van der Waals surface area (Å²) in [5.41, 5.74) is 0.649. The molecular weight excluding hydrogens is 346 g/mol. The first-order valence-corrected chi connectivity index (χ1v) is 9.14. The number of hydrogen-bond acceptors (Lipinski definition) is 5. The number of hydrogen-bond donors (Lipinski definition) is 1. The van der Waals surface area contributed by atoms with Gasteiger partial charge < -0.3 is 14.0 Å². The molecule has 0 aliphatic carbocycles. The molecule has 1 amide bonds. The quantitative estimate of drug-likeness (QED) is 0.650. The summed E-state index contributed by atoms with van der Waals surface area (Å²) in [6.45, 7) is 7.40. The Labute approximate surface area is 149 Å². The van der Waals surface area contributed by atoms with Gasteiger partial charge in [0.1, 0.15) is 5.60 Å². The minimum atomic E-state index is -2.10. The van der Waals surface area contributed by atoms with Gasteiger partial charge in [-0.2, -0.15) is 0 Å². The number of carbonyl (C=O) groups excluding carboxylic acids is 2. The van der Waals surface area contributed by atoms with Crippen LogP contribution in [0.5, 0.6) is 0 Å². The van der Waals surface area contributed by atoms with Crippen molar-refractivity contribution in [3.63, 3.8) is 0 Å². The summed E-state index contributed by atoms with van der Waals surface area (Å²) in [6, 6.07) is 3.72. The van der Waals surface area contributed by atoms with Crippen LogP contribution in [-0.4, -0.2) is 44.5 Å². The smallest absolute Gasteiger partial charge is 0.411 e. The normalized spacial score (nSPS) is 18.3. The number of amides is 1. The minimum absolute atomic E-state index is 0.186. The van der Waals surface area contributed by atoms with Crippen LogP contribution in [0.25, 0.3) is 0 Å². The average molecular weight is 369 g/mol. The first kappa shape index (κ1) is 19.4. The molecule has 0 spiro atoms. The molecular formula is C17H23NO6S. The zero-order valence-corrected chi connectivity index (χ0v) is 15.6. The molecule has 1 aromatic rings. The predicted octanol–water partition coefficient (Wildman–Crippen LogP) is 2.66. The monoisotopic (exact) mass is 369 g/mol. The lowest BCUT2D eigenvalue weighted by atomic mass is 9.93. The van der Waals surface area contributed by atoms with E-state index in [1.165, 1.54) is 11.0 Å². The molecule has 0 bridgehead atoms. The molecule has 1 N–H and O–H groups in total. The van der Waals surface area contributed by atoms with E-state index in [1.807, 2.05) is 0 Å². The van der Waals surface area contributed by atoms with Crippen molar-refractivity contribution in [2.75, 3.05) is 13.2 Å². The average Bonchev–Trinajstić information content (AvgIpc) is 2.51. The standard InChI is InChI=1S/C17H23NO6S/c1-5-23-15(19)14-13-7-6-12(25(21)22)10-11(13)8-9-18(14)16(20)24-17(2,3)4/h6-7,10,14H,5,8-9H2,1-4H3,(H,21,22). The Morgan fingerprint density at radius 3 is 2.60 bits per heavy atom. The van der Waals surface area contributed by atoms with E-state index in [0.29, 0.717) is 12.0 Å². The molecule has 0 saturated heterocycles. The molecule has 0 aromatic heterocycles. The largest absolute Gasteiger partial charge is 0.464 e. The first-order valence-electron chi connectivity index (χ1n) is 8.04. The molecule has 7 nitrogen and oxygen atoms in total. The van der Waals surface area contributed by atoms with Crippen molar-refractivity contribution in [2.24, 2.45) is 0 Å². The van der Waals surface area contributed by atoms with E-state index in [1.54, 1.807) is 39.8 Å². The molecule has 2 unspecified atom stereocenters. The fourth-order valence-electron chi connectivity index (χ4n) is 2.70. The molecule has 0 fully saturated rings. The van der Waals surface area contributed by atoms with Crippen molar-refractivity contribution >= 4 is 23.1 Å². The zero-order valence-electron chi connectivity index (χ0n) is 14.8. The molecule has 138 valence electrons. The number of rotatable bonds is 3. The van der Waals surface area contributed by atoms with E-state index in [-0.39, 0.29) is 18.0 Å². The second-order valence-electron chi connectivity index (χ2n) is 6.69. The summed E-state index contributed by atoms with van der Waals surface area (Å²) in [6.07, 6.45) is -0.138. The first-order chi connectivity index (χ1) is 11.6. The molecule has 1 aliphatic heterocycles. The number of benzene rings is 1. The van der Waals surface area contributed by atoms with E-state index in [2.05, 4.69) is 0 Å². The lowest BCUT2D eigenvalue weighted by Crippen LogP contribution is -2.46. The molecule has 1 aliphatic rings. The van der Waals surface area contributed by atoms with Gasteiger partial charge in [-0.05, 0) is 57.4 Å². The molecule has 8 heteroatoms. The van der Waals surface area contributed by atoms with Crippen LogP contribution in [0.15, 0.2) is 23.1 Å². The summed E-state index contributed by atoms with van der Waals surface area (Å²) in [7, 11) is 0. The highest BCUT2D eigenvalue weighted by Crippen LogP contribution is 2.33. The van der Waals surface area contributed by atoms with Crippen molar-refractivity contribution in [2.45, 2.75) is 50.7 Å². The van der Waals surface area contributed by atoms with Gasteiger partial charge in [-0.25, -0.2) is 13.8 Å². The highest BCUT2D eigenvalue weighted by atomic mass is 32.2. The second-order valence-corrected chi connectivity index (χ2v) is 7.66. The topological polar surface area (TPSA) is 93.1 Å². The van der Waals surface area contributed by atoms with E-state index in [4.69, 9.17) is 9.47 Å². The van der Waals surface area contributed by atoms with Crippen LogP contribution in [0, 0.1) is 0 Å². The maximum absolute atomic E-state index is 12.5. The third-order valence-corrected chi connectivity index (χ3v) is 4.34. The van der Waals surface area contributed by atoms with Gasteiger partial charge in [0.15, 0.2) is 17.1 Å². The molecule has 2 atom stereocenters. The Bertz CT molecular complexity index is 697. The van der Waals surface area contributed by atoms with Crippen LogP contribution in [0.2, 0.25) is 0 Å². The Balaban J connectivity index is 2.41. The van der Waals surface area contributed by atoms with E-state index >= 15 is 0 Å². The minimum Gasteiger partial charge on any atom is -0.464 e. The Hall–Kier alpha value is -1.93. The van der Waals surface area contributed by atoms with Gasteiger partial charge in [0.05, 0.1) is 11.5 Å². The highest BCUT2D eigenvalue weighted by Gasteiger charge is 2.39. The predicted molar refractivity (Wildman–Crippen MR) is 91.5 cm³/mol. The number of esters is 1. The number of carbonyl (C=O) groups is 2. The van der Waals surface area contributed by atoms with E-state index < -0.39 is 34.8 Å². The highest BCUT2D eigenvalue weighted by molar-refractivity contribution is 7.79. The van der Waals surface area contributed by atoms with Gasteiger partial charge in [-0.1, -0.05) is 6.07 Å². The SMILES string of the molecule is CCOC(=O)C1c2ccc(S(=O)O)cc2CCN1C(=O)OC(C)(C)C. The van der Waals surface area contributed by atoms with Crippen molar-refractivity contribution < 1.29 is 27.8 Å². The van der Waals surface area contributed by atoms with Crippen LogP contribution in [0.1, 0.15) is 44.9 Å². The van der Waals surface area contributed by atoms with Gasteiger partial charge in [-0.3, -0.25) is 4.90 Å². The van der Waals surface area contributed by atoms with Gasteiger partial charge in [0.2, 0.25) is 0 Å². The van der Waals surface area contributed by atoms with E-state index in [0.717, 1.165) is 5.56 Å². The number of nitrogens with zero attached hydrogens (tertiary/aromatic N) is 1. The Morgan fingerprint density at radius 2 is 2.04 bits per heavy atom. The molecule has 1 heterocycles. The van der Waals surface area contributed by atoms with Gasteiger partial charge in [-0.15, -0.1) is 0 Å². The van der Waals surface area contributed by atoms with Crippen LogP contribution in [-0.2, 0) is 31.8 Å². The van der Waals surface area contributed by atoms with Crippen LogP contribution >= 0.6 is 0 Å². The molecule has 0 saturated carbocycles. The number of fused-ring (bicyclic) bond motifs is 1. The summed E-state index contributed by atoms with van der Waals surface area (Å²) in [4.78, 5) is 26.6. The lowest BCUT2D eigenvalue weighted by molar-refractivity contribution is -0.150. The maximum atomic E-state index is 12.5. The fourth-order valence-corrected chi connectivity index (χ4v) is 3.13. The Kier molecular flexibility index (Phi) is 5.84. The van der Waals surface area contributed by atoms with Crippen molar-refractivity contribution in [3.05, 3.63) is 29.3 Å². The van der Waals surface area contributed by atoms with Crippen molar-refractivity contribution in [3.8, 4) is 0 Å². The van der Waals surface area contributed by atoms with Crippen LogP contribution < -0.4 is 0 Å². The van der Waals surface area contributed by atoms with Gasteiger partial charge in [0, 0.05) is 6.54 Å². The third-order valence-electron chi connectivity index (χ3n) is 3.68. The summed E-state index contributed by atoms with van der Waals surface area (Å²) in [5, 5.41) is 0. The maximum Gasteiger partial charge on any atom is 0.411 e. The Morgan fingerprint density at radius 1 is 1.36 bits per heavy atom. The molecule has 1 aromatic carbocycles. The summed E-state index contributed by atoms with van der Waals surface area (Å²) < 4.78 is 31.0. The van der Waals surface area contributed by atoms with Crippen LogP contribution in [0.4, 0.5) is 4.79 Å². The fraction of sp³-hybridized carbons (Fsp3) is 0.529. The van der Waals surface area contributed by atoms with Gasteiger partial charge >= 0.3 is 12.1 Å². The molecule has 2 rings (SSSR count). The zero-order chi connectivity index (χ0) is 18.8. The second kappa shape index (κ2) is 7.53. The summed E-state index contributed by atoms with van der Waals surface area (Å²) >= 11 is -2.10. The van der Waals surface area contributed by atoms with Crippen LogP contribution in [0.3, 0.4) is 0 Å².